The van der Waals surface area contributed by atoms with E-state index in [9.17, 15) is 9.46 Å². The lowest BCUT2D eigenvalue weighted by Crippen LogP contribution is -1.92. The lowest BCUT2D eigenvalue weighted by atomic mass is 10.1. The zero-order valence-corrected chi connectivity index (χ0v) is 29.4. The van der Waals surface area contributed by atoms with Crippen LogP contribution in [0.25, 0.3) is 0 Å². The van der Waals surface area contributed by atoms with Crippen molar-refractivity contribution in [2.45, 2.75) is 194 Å². The van der Waals surface area contributed by atoms with Gasteiger partial charge in [0.15, 0.2) is 0 Å². The molecule has 0 aliphatic heterocycles. The molecular weight excluding hydrogens is 543 g/mol. The second-order valence-electron chi connectivity index (χ2n) is 12.0. The minimum atomic E-state index is -3.47. The maximum atomic E-state index is 12.2. The number of hydrogen-bond acceptors (Lipinski definition) is 3. The summed E-state index contributed by atoms with van der Waals surface area (Å²) in [5.41, 5.74) is 0. The summed E-state index contributed by atoms with van der Waals surface area (Å²) in [5.74, 6) is 0.725. The Hall–Kier alpha value is -0.0200. The molecule has 5 heteroatoms. The van der Waals surface area contributed by atoms with Gasteiger partial charge in [0.1, 0.15) is 0 Å². The van der Waals surface area contributed by atoms with E-state index in [2.05, 4.69) is 38.2 Å². The summed E-state index contributed by atoms with van der Waals surface area (Å²) in [7, 11) is 0. The predicted octanol–water partition coefficient (Wildman–Crippen LogP) is 13.9. The van der Waals surface area contributed by atoms with Crippen molar-refractivity contribution in [3.05, 3.63) is 24.3 Å². The van der Waals surface area contributed by atoms with Crippen LogP contribution in [0.4, 0.5) is 0 Å². The van der Waals surface area contributed by atoms with Crippen LogP contribution in [-0.4, -0.2) is 17.3 Å². The van der Waals surface area contributed by atoms with Crippen LogP contribution in [-0.2, 0) is 9.09 Å². The van der Waals surface area contributed by atoms with Gasteiger partial charge in [-0.1, -0.05) is 154 Å². The lowest BCUT2D eigenvalue weighted by Gasteiger charge is -2.11. The van der Waals surface area contributed by atoms with Gasteiger partial charge in [-0.2, -0.15) is 0 Å². The second-order valence-corrected chi connectivity index (χ2v) is 16.0. The first-order valence-corrected chi connectivity index (χ1v) is 21.2. The number of rotatable bonds is 34. The van der Waals surface area contributed by atoms with Crippen LogP contribution in [0.5, 0.6) is 0 Å². The molecule has 0 heterocycles. The molecule has 0 fully saturated rings. The minimum Gasteiger partial charge on any atom is -0.316 e. The van der Waals surface area contributed by atoms with Crippen molar-refractivity contribution in [2.24, 2.45) is 0 Å². The Morgan fingerprint density at radius 3 is 1.20 bits per heavy atom. The van der Waals surface area contributed by atoms with Gasteiger partial charge in [-0.25, -0.2) is 4.57 Å². The third-order valence-electron chi connectivity index (χ3n) is 7.82. The summed E-state index contributed by atoms with van der Waals surface area (Å²) in [6, 6.07) is 0. The normalized spacial score (nSPS) is 13.5. The van der Waals surface area contributed by atoms with E-state index in [1.807, 2.05) is 0 Å². The quantitative estimate of drug-likeness (QED) is 0.0445. The molecule has 0 bridgehead atoms. The Morgan fingerprint density at radius 2 is 0.805 bits per heavy atom. The highest BCUT2D eigenvalue weighted by Crippen LogP contribution is 2.56. The van der Waals surface area contributed by atoms with E-state index >= 15 is 0 Å². The average Bonchev–Trinajstić information content (AvgIpc) is 2.96. The topological polar surface area (TPSA) is 46.5 Å². The highest BCUT2D eigenvalue weighted by Gasteiger charge is 2.19. The Kier molecular flexibility index (Phi) is 34.5. The molecule has 0 saturated heterocycles. The van der Waals surface area contributed by atoms with Crippen molar-refractivity contribution >= 4 is 18.2 Å². The molecule has 0 spiro atoms. The maximum absolute atomic E-state index is 12.2. The summed E-state index contributed by atoms with van der Waals surface area (Å²) in [6.45, 7) is 1.49. The molecule has 1 atom stereocenters. The van der Waals surface area contributed by atoms with Gasteiger partial charge in [0.2, 0.25) is 0 Å². The molecule has 1 N–H and O–H groups in total. The summed E-state index contributed by atoms with van der Waals surface area (Å²) in [6.07, 6.45) is 45.2. The van der Waals surface area contributed by atoms with Gasteiger partial charge in [0.05, 0.1) is 6.61 Å². The summed E-state index contributed by atoms with van der Waals surface area (Å²) in [4.78, 5) is 10.0. The van der Waals surface area contributed by atoms with Crippen LogP contribution >= 0.6 is 18.2 Å². The molecule has 3 nitrogen and oxygen atoms in total. The van der Waals surface area contributed by atoms with Crippen molar-refractivity contribution in [1.29, 1.82) is 0 Å². The number of unbranched alkanes of at least 4 members (excludes halogenated alkanes) is 24. The van der Waals surface area contributed by atoms with E-state index in [0.29, 0.717) is 6.61 Å². The van der Waals surface area contributed by atoms with Crippen LogP contribution in [0.15, 0.2) is 24.3 Å². The predicted molar refractivity (Wildman–Crippen MR) is 187 cm³/mol. The maximum Gasteiger partial charge on any atom is 0.386 e. The zero-order valence-electron chi connectivity index (χ0n) is 27.6. The average molecular weight is 615 g/mol. The molecule has 0 aromatic carbocycles. The highest BCUT2D eigenvalue weighted by molar-refractivity contribution is 8.54. The Balaban J connectivity index is 3.35. The van der Waals surface area contributed by atoms with Gasteiger partial charge in [0.25, 0.3) is 0 Å². The SMILES string of the molecule is CCCCCCCC/C=C\CCCCCCCCOP(=O)(O)SCCCCCCCC/C=C\CCCCCCCC. The fourth-order valence-electron chi connectivity index (χ4n) is 5.10. The number of allylic oxidation sites excluding steroid dienone is 4. The molecule has 0 saturated carbocycles. The molecule has 0 aromatic heterocycles. The van der Waals surface area contributed by atoms with Crippen molar-refractivity contribution in [3.8, 4) is 0 Å². The van der Waals surface area contributed by atoms with Crippen LogP contribution < -0.4 is 0 Å². The van der Waals surface area contributed by atoms with Crippen LogP contribution in [0.2, 0.25) is 0 Å². The summed E-state index contributed by atoms with van der Waals surface area (Å²) in [5, 5.41) is 0. The second kappa shape index (κ2) is 34.5. The first-order chi connectivity index (χ1) is 20.1. The molecule has 41 heavy (non-hydrogen) atoms. The highest BCUT2D eigenvalue weighted by atomic mass is 32.7. The van der Waals surface area contributed by atoms with Crippen molar-refractivity contribution in [2.75, 3.05) is 12.4 Å². The molecule has 0 aromatic rings. The first kappa shape index (κ1) is 41.0. The van der Waals surface area contributed by atoms with Gasteiger partial charge >= 0.3 is 6.80 Å². The van der Waals surface area contributed by atoms with E-state index in [0.717, 1.165) is 42.8 Å². The molecule has 0 amide bonds. The fraction of sp³-hybridized carbons (Fsp3) is 0.889. The van der Waals surface area contributed by atoms with Gasteiger partial charge in [0, 0.05) is 5.75 Å². The van der Waals surface area contributed by atoms with Gasteiger partial charge in [-0.05, 0) is 75.6 Å². The Bertz CT molecular complexity index is 560. The van der Waals surface area contributed by atoms with Crippen LogP contribution in [0.1, 0.15) is 194 Å². The fourth-order valence-corrected chi connectivity index (χ4v) is 7.62. The van der Waals surface area contributed by atoms with Gasteiger partial charge < -0.3 is 9.42 Å². The van der Waals surface area contributed by atoms with E-state index < -0.39 is 6.80 Å². The molecular formula is C36H71O3PS. The van der Waals surface area contributed by atoms with Crippen molar-refractivity contribution in [1.82, 2.24) is 0 Å². The lowest BCUT2D eigenvalue weighted by molar-refractivity contribution is 0.268. The van der Waals surface area contributed by atoms with Crippen molar-refractivity contribution in [3.63, 3.8) is 0 Å². The first-order valence-electron chi connectivity index (χ1n) is 18.0. The molecule has 0 rings (SSSR count). The van der Waals surface area contributed by atoms with Gasteiger partial charge in [-0.15, -0.1) is 0 Å². The standard InChI is InChI=1S/C36H71O3PS/c1-3-5-7-9-11-13-15-17-19-21-23-25-27-29-31-33-35-39-40(37,38)41-36-34-32-30-28-26-24-22-20-18-16-14-12-10-8-6-4-2/h17-20H,3-16,21-36H2,1-2H3,(H,37,38)/b19-17-,20-18-. The number of hydrogen-bond donors (Lipinski definition) is 1. The van der Waals surface area contributed by atoms with Crippen LogP contribution in [0.3, 0.4) is 0 Å². The monoisotopic (exact) mass is 614 g/mol. The summed E-state index contributed by atoms with van der Waals surface area (Å²) >= 11 is 1.13. The van der Waals surface area contributed by atoms with Gasteiger partial charge in [-0.3, -0.25) is 0 Å². The van der Waals surface area contributed by atoms with E-state index in [1.54, 1.807) is 0 Å². The summed E-state index contributed by atoms with van der Waals surface area (Å²) < 4.78 is 17.6. The third-order valence-corrected chi connectivity index (χ3v) is 11.0. The molecule has 0 aliphatic carbocycles. The van der Waals surface area contributed by atoms with E-state index in [1.165, 1.54) is 154 Å². The zero-order chi connectivity index (χ0) is 30.0. The van der Waals surface area contributed by atoms with Crippen LogP contribution in [0, 0.1) is 0 Å². The molecule has 0 radical (unpaired) electrons. The van der Waals surface area contributed by atoms with E-state index in [4.69, 9.17) is 4.52 Å². The smallest absolute Gasteiger partial charge is 0.316 e. The Morgan fingerprint density at radius 1 is 0.488 bits per heavy atom. The Labute approximate surface area is 261 Å². The minimum absolute atomic E-state index is 0.412. The molecule has 0 aliphatic rings. The van der Waals surface area contributed by atoms with E-state index in [-0.39, 0.29) is 0 Å². The molecule has 1 unspecified atom stereocenters. The largest absolute Gasteiger partial charge is 0.386 e. The third kappa shape index (κ3) is 36.1. The molecule has 244 valence electrons. The van der Waals surface area contributed by atoms with Crippen molar-refractivity contribution < 1.29 is 14.0 Å².